The molecule has 0 aliphatic carbocycles. The van der Waals surface area contributed by atoms with Gasteiger partial charge in [-0.05, 0) is 68.2 Å². The Bertz CT molecular complexity index is 1370. The number of anilines is 3. The monoisotopic (exact) mass is 575 g/mol. The standard InChI is InChI=1S/C28H29ClF3N5O3/c1-39-13-4-2-3-11-34-27(38)18-10-12-33-25-22(14-18)26(36-17-35-25)37-20-8-9-24(23(29)16-20)40-21-7-5-6-19(15-21)28(30,31)32/h5-9,14-17H,2-4,10-13H2,1H3,(H,34,38)(H2,33,35,36,37). The van der Waals surface area contributed by atoms with Gasteiger partial charge in [0.1, 0.15) is 29.5 Å². The number of aromatic nitrogens is 2. The van der Waals surface area contributed by atoms with Gasteiger partial charge in [0.05, 0.1) is 16.1 Å². The number of carbonyl (C=O) groups excluding carboxylic acids is 1. The molecule has 0 atom stereocenters. The fraction of sp³-hybridized carbons (Fsp3) is 0.321. The van der Waals surface area contributed by atoms with Crippen LogP contribution in [-0.4, -0.2) is 42.7 Å². The number of benzene rings is 2. The fourth-order valence-corrected chi connectivity index (χ4v) is 4.26. The van der Waals surface area contributed by atoms with E-state index in [1.807, 2.05) is 0 Å². The quantitative estimate of drug-likeness (QED) is 0.216. The van der Waals surface area contributed by atoms with Crippen LogP contribution >= 0.6 is 11.6 Å². The second-order valence-corrected chi connectivity index (χ2v) is 9.45. The van der Waals surface area contributed by atoms with E-state index in [4.69, 9.17) is 21.1 Å². The first-order valence-corrected chi connectivity index (χ1v) is 13.1. The summed E-state index contributed by atoms with van der Waals surface area (Å²) in [5, 5.41) is 9.56. The van der Waals surface area contributed by atoms with E-state index in [-0.39, 0.29) is 22.4 Å². The molecule has 8 nitrogen and oxygen atoms in total. The SMILES string of the molecule is COCCCCCNC(=O)C1=Cc2c(ncnc2Nc2ccc(Oc3cccc(C(F)(F)F)c3)c(Cl)c2)NCC1. The average Bonchev–Trinajstić information content (AvgIpc) is 3.15. The van der Waals surface area contributed by atoms with Gasteiger partial charge in [0.2, 0.25) is 5.91 Å². The molecule has 212 valence electrons. The number of methoxy groups -OCH3 is 1. The van der Waals surface area contributed by atoms with Crippen molar-refractivity contribution in [3.8, 4) is 11.5 Å². The highest BCUT2D eigenvalue weighted by molar-refractivity contribution is 6.32. The van der Waals surface area contributed by atoms with E-state index in [1.165, 1.54) is 18.5 Å². The minimum Gasteiger partial charge on any atom is -0.456 e. The molecule has 0 spiro atoms. The molecule has 1 aliphatic heterocycles. The molecular formula is C28H29ClF3N5O3. The van der Waals surface area contributed by atoms with Crippen molar-refractivity contribution in [1.29, 1.82) is 0 Å². The van der Waals surface area contributed by atoms with Gasteiger partial charge < -0.3 is 25.4 Å². The Balaban J connectivity index is 1.47. The first kappa shape index (κ1) is 29.2. The Labute approximate surface area is 235 Å². The molecule has 2 heterocycles. The van der Waals surface area contributed by atoms with Crippen LogP contribution in [0.4, 0.5) is 30.5 Å². The van der Waals surface area contributed by atoms with Crippen LogP contribution < -0.4 is 20.7 Å². The molecule has 0 fully saturated rings. The van der Waals surface area contributed by atoms with Gasteiger partial charge in [-0.3, -0.25) is 4.79 Å². The summed E-state index contributed by atoms with van der Waals surface area (Å²) in [6.07, 6.45) is 1.97. The molecule has 0 saturated heterocycles. The maximum absolute atomic E-state index is 13.0. The van der Waals surface area contributed by atoms with Crippen molar-refractivity contribution in [2.75, 3.05) is 37.4 Å². The third kappa shape index (κ3) is 7.86. The number of nitrogens with zero attached hydrogens (tertiary/aromatic N) is 2. The molecule has 3 aromatic rings. The highest BCUT2D eigenvalue weighted by atomic mass is 35.5. The number of amides is 1. The van der Waals surface area contributed by atoms with E-state index < -0.39 is 11.7 Å². The van der Waals surface area contributed by atoms with E-state index in [0.717, 1.165) is 31.4 Å². The Morgan fingerprint density at radius 2 is 1.98 bits per heavy atom. The van der Waals surface area contributed by atoms with Crippen molar-refractivity contribution in [3.05, 3.63) is 70.5 Å². The van der Waals surface area contributed by atoms with Crippen LogP contribution in [0.2, 0.25) is 5.02 Å². The minimum absolute atomic E-state index is 0.00977. The first-order valence-electron chi connectivity index (χ1n) is 12.7. The molecule has 1 aromatic heterocycles. The van der Waals surface area contributed by atoms with Gasteiger partial charge >= 0.3 is 6.18 Å². The van der Waals surface area contributed by atoms with Crippen LogP contribution in [-0.2, 0) is 15.7 Å². The Kier molecular flexibility index (Phi) is 9.84. The molecular weight excluding hydrogens is 547 g/mol. The molecule has 0 saturated carbocycles. The van der Waals surface area contributed by atoms with Crippen LogP contribution in [0.15, 0.2) is 54.4 Å². The molecule has 0 radical (unpaired) electrons. The van der Waals surface area contributed by atoms with Crippen molar-refractivity contribution >= 4 is 40.9 Å². The van der Waals surface area contributed by atoms with Crippen molar-refractivity contribution in [1.82, 2.24) is 15.3 Å². The maximum Gasteiger partial charge on any atom is 0.416 e. The predicted molar refractivity (Wildman–Crippen MR) is 148 cm³/mol. The summed E-state index contributed by atoms with van der Waals surface area (Å²) in [6, 6.07) is 9.34. The van der Waals surface area contributed by atoms with E-state index in [9.17, 15) is 18.0 Å². The smallest absolute Gasteiger partial charge is 0.416 e. The molecule has 3 N–H and O–H groups in total. The number of halogens is 4. The predicted octanol–water partition coefficient (Wildman–Crippen LogP) is 6.82. The van der Waals surface area contributed by atoms with Gasteiger partial charge in [0, 0.05) is 38.1 Å². The number of alkyl halides is 3. The summed E-state index contributed by atoms with van der Waals surface area (Å²) in [5.41, 5.74) is 0.956. The number of unbranched alkanes of at least 4 members (excludes halogenated alkanes) is 2. The average molecular weight is 576 g/mol. The zero-order valence-corrected chi connectivity index (χ0v) is 22.5. The van der Waals surface area contributed by atoms with Gasteiger partial charge in [0.15, 0.2) is 0 Å². The van der Waals surface area contributed by atoms with Crippen LogP contribution in [0.5, 0.6) is 11.5 Å². The Hall–Kier alpha value is -3.83. The number of hydrogen-bond donors (Lipinski definition) is 3. The highest BCUT2D eigenvalue weighted by Crippen LogP contribution is 2.36. The van der Waals surface area contributed by atoms with Crippen molar-refractivity contribution in [2.45, 2.75) is 31.9 Å². The summed E-state index contributed by atoms with van der Waals surface area (Å²) in [5.74, 6) is 1.09. The van der Waals surface area contributed by atoms with E-state index in [2.05, 4.69) is 25.9 Å². The lowest BCUT2D eigenvalue weighted by Crippen LogP contribution is -2.26. The van der Waals surface area contributed by atoms with Gasteiger partial charge in [-0.15, -0.1) is 0 Å². The van der Waals surface area contributed by atoms with Crippen LogP contribution in [0.25, 0.3) is 6.08 Å². The maximum atomic E-state index is 13.0. The zero-order chi connectivity index (χ0) is 28.5. The number of ether oxygens (including phenoxy) is 2. The molecule has 0 bridgehead atoms. The lowest BCUT2D eigenvalue weighted by molar-refractivity contribution is -0.137. The van der Waals surface area contributed by atoms with E-state index >= 15 is 0 Å². The molecule has 1 aliphatic rings. The number of rotatable bonds is 11. The van der Waals surface area contributed by atoms with Crippen molar-refractivity contribution in [3.63, 3.8) is 0 Å². The number of carbonyl (C=O) groups is 1. The van der Waals surface area contributed by atoms with Crippen LogP contribution in [0.1, 0.15) is 36.8 Å². The summed E-state index contributed by atoms with van der Waals surface area (Å²) in [6.45, 7) is 1.81. The minimum atomic E-state index is -4.49. The van der Waals surface area contributed by atoms with Crippen molar-refractivity contribution < 1.29 is 27.4 Å². The van der Waals surface area contributed by atoms with Crippen LogP contribution in [0, 0.1) is 0 Å². The lowest BCUT2D eigenvalue weighted by Gasteiger charge is -2.14. The van der Waals surface area contributed by atoms with E-state index in [0.29, 0.717) is 54.6 Å². The Morgan fingerprint density at radius 3 is 2.75 bits per heavy atom. The first-order chi connectivity index (χ1) is 19.2. The van der Waals surface area contributed by atoms with Gasteiger partial charge in [-0.25, -0.2) is 9.97 Å². The zero-order valence-electron chi connectivity index (χ0n) is 21.8. The molecule has 1 amide bonds. The topological polar surface area (TPSA) is 97.4 Å². The van der Waals surface area contributed by atoms with Gasteiger partial charge in [-0.1, -0.05) is 17.7 Å². The van der Waals surface area contributed by atoms with Crippen LogP contribution in [0.3, 0.4) is 0 Å². The summed E-state index contributed by atoms with van der Waals surface area (Å²) in [7, 11) is 1.67. The molecule has 0 unspecified atom stereocenters. The normalized spacial score (nSPS) is 13.0. The number of hydrogen-bond acceptors (Lipinski definition) is 7. The second-order valence-electron chi connectivity index (χ2n) is 9.04. The number of fused-ring (bicyclic) bond motifs is 1. The summed E-state index contributed by atoms with van der Waals surface area (Å²) in [4.78, 5) is 21.5. The third-order valence-corrected chi connectivity index (χ3v) is 6.37. The van der Waals surface area contributed by atoms with Gasteiger partial charge in [0.25, 0.3) is 0 Å². The molecule has 12 heteroatoms. The summed E-state index contributed by atoms with van der Waals surface area (Å²) < 4.78 is 49.7. The molecule has 40 heavy (non-hydrogen) atoms. The van der Waals surface area contributed by atoms with E-state index in [1.54, 1.807) is 31.4 Å². The fourth-order valence-electron chi connectivity index (χ4n) is 4.04. The molecule has 2 aromatic carbocycles. The summed E-state index contributed by atoms with van der Waals surface area (Å²) >= 11 is 6.39. The largest absolute Gasteiger partial charge is 0.456 e. The highest BCUT2D eigenvalue weighted by Gasteiger charge is 2.30. The van der Waals surface area contributed by atoms with Gasteiger partial charge in [-0.2, -0.15) is 13.2 Å². The third-order valence-electron chi connectivity index (χ3n) is 6.08. The Morgan fingerprint density at radius 1 is 1.12 bits per heavy atom. The lowest BCUT2D eigenvalue weighted by atomic mass is 10.1. The molecule has 4 rings (SSSR count). The number of nitrogens with one attached hydrogen (secondary N) is 3. The second kappa shape index (κ2) is 13.5. The van der Waals surface area contributed by atoms with Crippen molar-refractivity contribution in [2.24, 2.45) is 0 Å².